The maximum Gasteiger partial charge on any atom is 0.411 e. The molecule has 0 aromatic heterocycles. The van der Waals surface area contributed by atoms with Gasteiger partial charge in [0.05, 0.1) is 5.69 Å². The third-order valence-electron chi connectivity index (χ3n) is 3.39. The minimum Gasteiger partial charge on any atom is -0.465 e. The molecule has 11 heteroatoms. The number of halogens is 1. The topological polar surface area (TPSA) is 172 Å². The summed E-state index contributed by atoms with van der Waals surface area (Å²) in [5.41, 5.74) is 17.1. The van der Waals surface area contributed by atoms with Crippen LogP contribution in [0.5, 0.6) is 0 Å². The summed E-state index contributed by atoms with van der Waals surface area (Å²) in [6.07, 6.45) is 2.03. The number of hydrogen-bond acceptors (Lipinski definition) is 4. The number of unbranched alkanes of at least 4 members (excludes halogenated alkanes) is 3. The van der Waals surface area contributed by atoms with Crippen molar-refractivity contribution in [3.63, 3.8) is 0 Å². The molecule has 0 radical (unpaired) electrons. The van der Waals surface area contributed by atoms with Gasteiger partial charge in [0.15, 0.2) is 5.96 Å². The van der Waals surface area contributed by atoms with Gasteiger partial charge in [0.1, 0.15) is 0 Å². The number of hydrogen-bond donors (Lipinski definition) is 5. The highest BCUT2D eigenvalue weighted by Crippen LogP contribution is 2.17. The molecule has 0 bridgehead atoms. The maximum absolute atomic E-state index is 11.6. The van der Waals surface area contributed by atoms with Crippen LogP contribution in [-0.4, -0.2) is 42.2 Å². The molecule has 27 heavy (non-hydrogen) atoms. The first kappa shape index (κ1) is 22.0. The highest BCUT2D eigenvalue weighted by molar-refractivity contribution is 6.30. The van der Waals surface area contributed by atoms with E-state index in [2.05, 4.69) is 9.98 Å². The Kier molecular flexibility index (Phi) is 9.45. The molecule has 1 aromatic carbocycles. The molecule has 0 aliphatic heterocycles. The number of amides is 3. The highest BCUT2D eigenvalue weighted by atomic mass is 35.5. The fourth-order valence-electron chi connectivity index (χ4n) is 2.15. The van der Waals surface area contributed by atoms with E-state index in [0.29, 0.717) is 23.8 Å². The Morgan fingerprint density at radius 1 is 1.00 bits per heavy atom. The number of guanidine groups is 2. The molecule has 0 fully saturated rings. The number of primary amides is 1. The normalized spacial score (nSPS) is 11.9. The van der Waals surface area contributed by atoms with Gasteiger partial charge >= 0.3 is 12.1 Å². The molecule has 0 saturated carbocycles. The lowest BCUT2D eigenvalue weighted by atomic mass is 10.2. The number of nitrogens with two attached hydrogens (primary N) is 3. The van der Waals surface area contributed by atoms with Gasteiger partial charge < -0.3 is 22.3 Å². The number of anilines is 1. The largest absolute Gasteiger partial charge is 0.465 e. The van der Waals surface area contributed by atoms with Crippen molar-refractivity contribution in [2.75, 3.05) is 18.0 Å². The van der Waals surface area contributed by atoms with Crippen LogP contribution in [0.1, 0.15) is 25.7 Å². The van der Waals surface area contributed by atoms with Gasteiger partial charge in [0.2, 0.25) is 5.96 Å². The summed E-state index contributed by atoms with van der Waals surface area (Å²) >= 11 is 5.83. The lowest BCUT2D eigenvalue weighted by Crippen LogP contribution is -2.45. The van der Waals surface area contributed by atoms with Crippen molar-refractivity contribution in [3.05, 3.63) is 29.3 Å². The monoisotopic (exact) mass is 397 g/mol. The van der Waals surface area contributed by atoms with E-state index in [1.165, 1.54) is 0 Å². The summed E-state index contributed by atoms with van der Waals surface area (Å²) in [6.45, 7) is 0.874. The third-order valence-corrected chi connectivity index (χ3v) is 3.64. The van der Waals surface area contributed by atoms with Crippen molar-refractivity contribution in [3.8, 4) is 0 Å². The van der Waals surface area contributed by atoms with E-state index in [1.54, 1.807) is 24.3 Å². The standard InChI is InChI=1S/C16H24ClN7O3/c17-11-5-7-12(8-6-11)24(15(20)25)14(19)22-10-4-2-1-3-9-21-13(18)23-16(26)27/h5-8H,1-4,9-10H2,(H2,19,22)(H2,20,25)(H,26,27)(H3,18,21,23). The van der Waals surface area contributed by atoms with Crippen molar-refractivity contribution in [2.24, 2.45) is 27.2 Å². The molecule has 1 rings (SSSR count). The van der Waals surface area contributed by atoms with Crippen LogP contribution < -0.4 is 27.4 Å². The second-order valence-corrected chi connectivity index (χ2v) is 5.94. The van der Waals surface area contributed by atoms with Crippen molar-refractivity contribution in [2.45, 2.75) is 25.7 Å². The summed E-state index contributed by atoms with van der Waals surface area (Å²) in [5, 5.41) is 11.0. The molecule has 10 nitrogen and oxygen atoms in total. The molecule has 0 spiro atoms. The van der Waals surface area contributed by atoms with E-state index in [-0.39, 0.29) is 11.9 Å². The molecular weight excluding hydrogens is 374 g/mol. The van der Waals surface area contributed by atoms with E-state index in [0.717, 1.165) is 30.6 Å². The van der Waals surface area contributed by atoms with E-state index in [1.807, 2.05) is 5.32 Å². The van der Waals surface area contributed by atoms with Gasteiger partial charge in [0, 0.05) is 18.1 Å². The van der Waals surface area contributed by atoms with E-state index in [4.69, 9.17) is 33.9 Å². The number of aliphatic imine (C=N–C) groups is 2. The van der Waals surface area contributed by atoms with E-state index < -0.39 is 12.1 Å². The number of carboxylic acid groups (broad SMARTS) is 1. The highest BCUT2D eigenvalue weighted by Gasteiger charge is 2.16. The van der Waals surface area contributed by atoms with E-state index in [9.17, 15) is 9.59 Å². The van der Waals surface area contributed by atoms with Crippen molar-refractivity contribution < 1.29 is 14.7 Å². The molecule has 0 heterocycles. The number of urea groups is 1. The van der Waals surface area contributed by atoms with Crippen molar-refractivity contribution >= 4 is 41.3 Å². The minimum atomic E-state index is -1.24. The Hall–Kier alpha value is -3.01. The number of nitrogens with one attached hydrogen (secondary N) is 1. The molecule has 148 valence electrons. The average Bonchev–Trinajstić information content (AvgIpc) is 2.58. The molecule has 8 N–H and O–H groups in total. The first-order valence-electron chi connectivity index (χ1n) is 8.26. The first-order valence-corrected chi connectivity index (χ1v) is 8.64. The minimum absolute atomic E-state index is 0.0157. The zero-order valence-corrected chi connectivity index (χ0v) is 15.5. The molecule has 0 aliphatic rings. The van der Waals surface area contributed by atoms with Gasteiger partial charge in [0.25, 0.3) is 0 Å². The van der Waals surface area contributed by atoms with Gasteiger partial charge in [-0.25, -0.2) is 14.5 Å². The quantitative estimate of drug-likeness (QED) is 0.254. The molecular formula is C16H24ClN7O3. The Morgan fingerprint density at radius 3 is 2.07 bits per heavy atom. The lowest BCUT2D eigenvalue weighted by Gasteiger charge is -2.19. The Balaban J connectivity index is 2.37. The second kappa shape index (κ2) is 11.6. The van der Waals surface area contributed by atoms with Crippen LogP contribution in [0.4, 0.5) is 15.3 Å². The van der Waals surface area contributed by atoms with Crippen LogP contribution in [0.3, 0.4) is 0 Å². The molecule has 1 aromatic rings. The summed E-state index contributed by atoms with van der Waals surface area (Å²) in [5.74, 6) is -0.101. The summed E-state index contributed by atoms with van der Waals surface area (Å²) in [7, 11) is 0. The zero-order valence-electron chi connectivity index (χ0n) is 14.8. The number of nitrogens with zero attached hydrogens (tertiary/aromatic N) is 3. The van der Waals surface area contributed by atoms with Crippen LogP contribution in [-0.2, 0) is 0 Å². The maximum atomic E-state index is 11.6. The second-order valence-electron chi connectivity index (χ2n) is 5.50. The predicted molar refractivity (Wildman–Crippen MR) is 106 cm³/mol. The van der Waals surface area contributed by atoms with Gasteiger partial charge in [-0.2, -0.15) is 0 Å². The molecule has 0 saturated heterocycles. The molecule has 0 atom stereocenters. The van der Waals surface area contributed by atoms with Gasteiger partial charge in [-0.3, -0.25) is 15.3 Å². The number of carbonyl (C=O) groups is 2. The van der Waals surface area contributed by atoms with Gasteiger partial charge in [-0.05, 0) is 37.1 Å². The van der Waals surface area contributed by atoms with Crippen LogP contribution in [0.2, 0.25) is 5.02 Å². The van der Waals surface area contributed by atoms with Crippen LogP contribution in [0, 0.1) is 0 Å². The first-order chi connectivity index (χ1) is 12.8. The van der Waals surface area contributed by atoms with Crippen molar-refractivity contribution in [1.29, 1.82) is 0 Å². The summed E-state index contributed by atoms with van der Waals surface area (Å²) in [6, 6.07) is 5.77. The Labute approximate surface area is 162 Å². The van der Waals surface area contributed by atoms with Crippen LogP contribution in [0.25, 0.3) is 0 Å². The lowest BCUT2D eigenvalue weighted by molar-refractivity contribution is 0.200. The molecule has 0 unspecified atom stereocenters. The zero-order chi connectivity index (χ0) is 20.2. The van der Waals surface area contributed by atoms with Gasteiger partial charge in [-0.1, -0.05) is 24.4 Å². The van der Waals surface area contributed by atoms with Crippen LogP contribution in [0.15, 0.2) is 34.3 Å². The molecule has 0 aliphatic carbocycles. The average molecular weight is 398 g/mol. The predicted octanol–water partition coefficient (Wildman–Crippen LogP) is 1.68. The number of carbonyl (C=O) groups excluding carboxylic acids is 1. The van der Waals surface area contributed by atoms with Crippen LogP contribution >= 0.6 is 11.6 Å². The Bertz CT molecular complexity index is 692. The fraction of sp³-hybridized carbons (Fsp3) is 0.375. The van der Waals surface area contributed by atoms with Gasteiger partial charge in [-0.15, -0.1) is 0 Å². The number of benzene rings is 1. The van der Waals surface area contributed by atoms with E-state index >= 15 is 0 Å². The summed E-state index contributed by atoms with van der Waals surface area (Å²) < 4.78 is 0. The van der Waals surface area contributed by atoms with Crippen molar-refractivity contribution in [1.82, 2.24) is 5.32 Å². The number of rotatable bonds is 8. The smallest absolute Gasteiger partial charge is 0.411 e. The fourth-order valence-corrected chi connectivity index (χ4v) is 2.28. The summed E-state index contributed by atoms with van der Waals surface area (Å²) in [4.78, 5) is 31.2. The SMILES string of the molecule is NC(=O)N(C(N)=NCCCCCCN=C(N)NC(=O)O)c1ccc(Cl)cc1. The Morgan fingerprint density at radius 2 is 1.56 bits per heavy atom. The molecule has 3 amide bonds. The third kappa shape index (κ3) is 8.77.